The van der Waals surface area contributed by atoms with Crippen molar-refractivity contribution < 1.29 is 9.53 Å². The molecular weight excluding hydrogens is 395 g/mol. The SMILES string of the molecule is CN(Cc1ccc2nsnc2c1)CC1CC2(CCNCC2)C(=O)O1.Cl.Cl. The molecule has 2 aromatic rings. The number of rotatable bonds is 4. The maximum atomic E-state index is 12.3. The molecule has 0 radical (unpaired) electrons. The lowest BCUT2D eigenvalue weighted by Crippen LogP contribution is -2.39. The first-order chi connectivity index (χ1) is 11.6. The molecule has 3 heterocycles. The summed E-state index contributed by atoms with van der Waals surface area (Å²) in [7, 11) is 2.07. The number of nitrogens with one attached hydrogen (secondary N) is 1. The maximum Gasteiger partial charge on any atom is 0.312 e. The molecule has 0 bridgehead atoms. The molecule has 2 fully saturated rings. The van der Waals surface area contributed by atoms with Crippen LogP contribution in [0, 0.1) is 5.41 Å². The molecule has 2 aliphatic rings. The van der Waals surface area contributed by atoms with Gasteiger partial charge in [0, 0.05) is 19.5 Å². The highest BCUT2D eigenvalue weighted by atomic mass is 35.5. The number of esters is 1. The number of nitrogens with zero attached hydrogens (tertiary/aromatic N) is 3. The summed E-state index contributed by atoms with van der Waals surface area (Å²) >= 11 is 1.24. The molecule has 2 aliphatic heterocycles. The van der Waals surface area contributed by atoms with E-state index in [0.717, 1.165) is 56.5 Å². The normalized spacial score (nSPS) is 21.5. The van der Waals surface area contributed by atoms with Gasteiger partial charge in [0.25, 0.3) is 0 Å². The molecule has 1 aromatic carbocycles. The molecule has 4 rings (SSSR count). The van der Waals surface area contributed by atoms with Crippen LogP contribution in [0.25, 0.3) is 11.0 Å². The number of benzene rings is 1. The number of hydrogen-bond donors (Lipinski definition) is 1. The number of aromatic nitrogens is 2. The lowest BCUT2D eigenvalue weighted by molar-refractivity contribution is -0.150. The average Bonchev–Trinajstić information content (AvgIpc) is 3.13. The quantitative estimate of drug-likeness (QED) is 0.769. The summed E-state index contributed by atoms with van der Waals surface area (Å²) < 4.78 is 14.2. The number of likely N-dealkylation sites (N-methyl/N-ethyl adjacent to an activating group) is 1. The van der Waals surface area contributed by atoms with Gasteiger partial charge in [-0.2, -0.15) is 8.75 Å². The second kappa shape index (κ2) is 8.80. The van der Waals surface area contributed by atoms with Crippen molar-refractivity contribution >= 4 is 53.5 Å². The van der Waals surface area contributed by atoms with Gasteiger partial charge in [-0.15, -0.1) is 24.8 Å². The Hall–Kier alpha value is -0.990. The molecule has 0 aliphatic carbocycles. The summed E-state index contributed by atoms with van der Waals surface area (Å²) in [6.45, 7) is 3.42. The first-order valence-electron chi connectivity index (χ1n) is 8.46. The topological polar surface area (TPSA) is 67.4 Å². The monoisotopic (exact) mass is 418 g/mol. The van der Waals surface area contributed by atoms with Crippen LogP contribution < -0.4 is 5.32 Å². The van der Waals surface area contributed by atoms with Crippen LogP contribution >= 0.6 is 36.5 Å². The predicted octanol–water partition coefficient (Wildman–Crippen LogP) is 2.65. The van der Waals surface area contributed by atoms with Gasteiger partial charge in [0.2, 0.25) is 0 Å². The summed E-state index contributed by atoms with van der Waals surface area (Å²) in [6.07, 6.45) is 2.66. The summed E-state index contributed by atoms with van der Waals surface area (Å²) in [6, 6.07) is 6.20. The number of halogens is 2. The van der Waals surface area contributed by atoms with Crippen LogP contribution in [0.2, 0.25) is 0 Å². The van der Waals surface area contributed by atoms with Gasteiger partial charge >= 0.3 is 5.97 Å². The van der Waals surface area contributed by atoms with Gasteiger partial charge in [-0.05, 0) is 50.7 Å². The predicted molar refractivity (Wildman–Crippen MR) is 107 cm³/mol. The van der Waals surface area contributed by atoms with Crippen LogP contribution in [-0.4, -0.2) is 52.4 Å². The third-order valence-corrected chi connectivity index (χ3v) is 5.73. The molecule has 1 spiro atoms. The lowest BCUT2D eigenvalue weighted by atomic mass is 9.76. The van der Waals surface area contributed by atoms with E-state index in [1.54, 1.807) is 0 Å². The van der Waals surface area contributed by atoms with Crippen LogP contribution in [-0.2, 0) is 16.1 Å². The standard InChI is InChI=1S/C17H22N4O2S.2ClH/c1-21(10-12-2-3-14-15(8-12)20-24-19-14)11-13-9-17(16(22)23-13)4-6-18-7-5-17;;/h2-3,8,13,18H,4-7,9-11H2,1H3;2*1H. The zero-order valence-electron chi connectivity index (χ0n) is 14.6. The molecule has 0 saturated carbocycles. The number of carbonyl (C=O) groups excluding carboxylic acids is 1. The lowest BCUT2D eigenvalue weighted by Gasteiger charge is -2.29. The van der Waals surface area contributed by atoms with Crippen molar-refractivity contribution in [1.29, 1.82) is 0 Å². The van der Waals surface area contributed by atoms with E-state index in [2.05, 4.69) is 38.1 Å². The molecule has 1 aromatic heterocycles. The number of fused-ring (bicyclic) bond motifs is 1. The summed E-state index contributed by atoms with van der Waals surface area (Å²) in [5.74, 6) is 0.0115. The van der Waals surface area contributed by atoms with E-state index >= 15 is 0 Å². The van der Waals surface area contributed by atoms with Gasteiger partial charge < -0.3 is 10.1 Å². The van der Waals surface area contributed by atoms with Gasteiger partial charge in [-0.3, -0.25) is 9.69 Å². The van der Waals surface area contributed by atoms with Crippen molar-refractivity contribution in [3.05, 3.63) is 23.8 Å². The Kier molecular flexibility index (Phi) is 7.21. The fraction of sp³-hybridized carbons (Fsp3) is 0.588. The number of ether oxygens (including phenoxy) is 1. The highest BCUT2D eigenvalue weighted by Gasteiger charge is 2.49. The Morgan fingerprint density at radius 3 is 2.77 bits per heavy atom. The fourth-order valence-electron chi connectivity index (χ4n) is 3.90. The summed E-state index contributed by atoms with van der Waals surface area (Å²) in [5.41, 5.74) is 2.87. The van der Waals surface area contributed by atoms with E-state index in [0.29, 0.717) is 0 Å². The second-order valence-corrected chi connectivity index (χ2v) is 7.57. The van der Waals surface area contributed by atoms with Crippen LogP contribution in [0.4, 0.5) is 0 Å². The van der Waals surface area contributed by atoms with E-state index < -0.39 is 0 Å². The molecule has 1 unspecified atom stereocenters. The smallest absolute Gasteiger partial charge is 0.312 e. The molecule has 6 nitrogen and oxygen atoms in total. The van der Waals surface area contributed by atoms with Gasteiger partial charge in [0.05, 0.1) is 17.1 Å². The number of hydrogen-bond acceptors (Lipinski definition) is 7. The maximum absolute atomic E-state index is 12.3. The number of piperidine rings is 1. The van der Waals surface area contributed by atoms with Gasteiger partial charge in [-0.1, -0.05) is 6.07 Å². The van der Waals surface area contributed by atoms with E-state index in [4.69, 9.17) is 4.74 Å². The van der Waals surface area contributed by atoms with Crippen LogP contribution in [0.1, 0.15) is 24.8 Å². The van der Waals surface area contributed by atoms with E-state index in [1.807, 2.05) is 6.07 Å². The molecule has 1 N–H and O–H groups in total. The van der Waals surface area contributed by atoms with Crippen LogP contribution in [0.5, 0.6) is 0 Å². The van der Waals surface area contributed by atoms with Crippen molar-refractivity contribution in [3.63, 3.8) is 0 Å². The Labute approximate surface area is 169 Å². The Morgan fingerprint density at radius 1 is 1.27 bits per heavy atom. The summed E-state index contributed by atoms with van der Waals surface area (Å²) in [5, 5.41) is 3.33. The Morgan fingerprint density at radius 2 is 2.00 bits per heavy atom. The third-order valence-electron chi connectivity index (χ3n) is 5.17. The first kappa shape index (κ1) is 21.3. The summed E-state index contributed by atoms with van der Waals surface area (Å²) in [4.78, 5) is 14.6. The molecular formula is C17H24Cl2N4O2S. The first-order valence-corrected chi connectivity index (χ1v) is 9.19. The van der Waals surface area contributed by atoms with Crippen molar-refractivity contribution in [2.75, 3.05) is 26.7 Å². The molecule has 0 amide bonds. The minimum Gasteiger partial charge on any atom is -0.461 e. The molecule has 9 heteroatoms. The fourth-order valence-corrected chi connectivity index (χ4v) is 4.42. The van der Waals surface area contributed by atoms with Gasteiger partial charge in [0.15, 0.2) is 0 Å². The van der Waals surface area contributed by atoms with Crippen LogP contribution in [0.15, 0.2) is 18.2 Å². The number of cyclic esters (lactones) is 1. The average molecular weight is 419 g/mol. The van der Waals surface area contributed by atoms with Crippen molar-refractivity contribution in [2.24, 2.45) is 5.41 Å². The van der Waals surface area contributed by atoms with Gasteiger partial charge in [0.1, 0.15) is 17.1 Å². The Bertz CT molecular complexity index is 751. The van der Waals surface area contributed by atoms with Crippen molar-refractivity contribution in [1.82, 2.24) is 19.0 Å². The zero-order valence-corrected chi connectivity index (χ0v) is 17.1. The van der Waals surface area contributed by atoms with Crippen molar-refractivity contribution in [2.45, 2.75) is 31.9 Å². The highest BCUT2D eigenvalue weighted by molar-refractivity contribution is 7.00. The molecule has 2 saturated heterocycles. The van der Waals surface area contributed by atoms with E-state index in [9.17, 15) is 4.79 Å². The molecule has 144 valence electrons. The largest absolute Gasteiger partial charge is 0.461 e. The van der Waals surface area contributed by atoms with Crippen molar-refractivity contribution in [3.8, 4) is 0 Å². The highest BCUT2D eigenvalue weighted by Crippen LogP contribution is 2.41. The minimum absolute atomic E-state index is 0. The molecule has 26 heavy (non-hydrogen) atoms. The Balaban J connectivity index is 0.00000121. The number of carbonyl (C=O) groups is 1. The molecule has 1 atom stereocenters. The van der Waals surface area contributed by atoms with Crippen LogP contribution in [0.3, 0.4) is 0 Å². The van der Waals surface area contributed by atoms with E-state index in [-0.39, 0.29) is 42.3 Å². The second-order valence-electron chi connectivity index (χ2n) is 7.05. The third kappa shape index (κ3) is 4.28. The minimum atomic E-state index is -0.234. The van der Waals surface area contributed by atoms with E-state index in [1.165, 1.54) is 17.3 Å². The zero-order chi connectivity index (χ0) is 16.6. The van der Waals surface area contributed by atoms with Gasteiger partial charge in [-0.25, -0.2) is 0 Å².